The van der Waals surface area contributed by atoms with Crippen molar-refractivity contribution in [1.82, 2.24) is 4.90 Å². The van der Waals surface area contributed by atoms with Gasteiger partial charge >= 0.3 is 5.97 Å². The van der Waals surface area contributed by atoms with Gasteiger partial charge in [-0.15, -0.1) is 0 Å². The monoisotopic (exact) mass is 564 g/mol. The third-order valence-electron chi connectivity index (χ3n) is 9.38. The fourth-order valence-corrected chi connectivity index (χ4v) is 7.50. The quantitative estimate of drug-likeness (QED) is 0.407. The Bertz CT molecular complexity index is 1590. The summed E-state index contributed by atoms with van der Waals surface area (Å²) < 4.78 is 30.3. The van der Waals surface area contributed by atoms with Gasteiger partial charge in [-0.1, -0.05) is 48.5 Å². The third kappa shape index (κ3) is 3.92. The number of fused-ring (bicyclic) bond motifs is 3. The average molecular weight is 565 g/mol. The molecule has 42 heavy (non-hydrogen) atoms. The first-order valence-electron chi connectivity index (χ1n) is 14.6. The zero-order valence-corrected chi connectivity index (χ0v) is 23.4. The Balaban J connectivity index is 1.17. The van der Waals surface area contributed by atoms with E-state index in [0.29, 0.717) is 11.7 Å². The van der Waals surface area contributed by atoms with Gasteiger partial charge in [-0.25, -0.2) is 9.79 Å². The summed E-state index contributed by atoms with van der Waals surface area (Å²) >= 11 is 0. The predicted molar refractivity (Wildman–Crippen MR) is 155 cm³/mol. The van der Waals surface area contributed by atoms with E-state index >= 15 is 0 Å². The molecule has 8 rings (SSSR count). The molecule has 0 N–H and O–H groups in total. The van der Waals surface area contributed by atoms with Crippen molar-refractivity contribution in [2.75, 3.05) is 27.0 Å². The average Bonchev–Trinajstić information content (AvgIpc) is 3.81. The lowest BCUT2D eigenvalue weighted by Crippen LogP contribution is -2.48. The summed E-state index contributed by atoms with van der Waals surface area (Å²) in [4.78, 5) is 21.6. The molecule has 3 aromatic rings. The van der Waals surface area contributed by atoms with E-state index in [-0.39, 0.29) is 18.2 Å². The van der Waals surface area contributed by atoms with Crippen molar-refractivity contribution in [3.8, 4) is 11.5 Å². The third-order valence-corrected chi connectivity index (χ3v) is 9.38. The Kier molecular flexibility index (Phi) is 6.00. The van der Waals surface area contributed by atoms with E-state index in [4.69, 9.17) is 28.7 Å². The van der Waals surface area contributed by atoms with Gasteiger partial charge in [0.05, 0.1) is 18.6 Å². The fraction of sp³-hybridized carbons (Fsp3) is 0.353. The maximum absolute atomic E-state index is 14.2. The standard InChI is InChI=1S/C34H32N2O6/c1-38-27-19-34-14-8-15-36(34)16-13-23-17-25-26(40-20-39-25)18-24(23)28(34)30(27)42-33(37)31-29(21-9-4-2-5-10-21)35-32(41-31)22-11-6-3-7-12-22/h2-7,9-12,17-19,28-31H,8,13-16,20H2,1H3. The molecule has 0 bridgehead atoms. The minimum atomic E-state index is -0.932. The van der Waals surface area contributed by atoms with E-state index in [2.05, 4.69) is 23.1 Å². The molecular formula is C34H32N2O6. The summed E-state index contributed by atoms with van der Waals surface area (Å²) in [5, 5.41) is 0. The molecular weight excluding hydrogens is 532 g/mol. The molecule has 0 saturated carbocycles. The predicted octanol–water partition coefficient (Wildman–Crippen LogP) is 4.93. The van der Waals surface area contributed by atoms with Gasteiger partial charge in [-0.3, -0.25) is 4.90 Å². The maximum atomic E-state index is 14.2. The summed E-state index contributed by atoms with van der Waals surface area (Å²) in [6.07, 6.45) is 3.57. The second-order valence-corrected chi connectivity index (χ2v) is 11.5. The molecule has 5 unspecified atom stereocenters. The summed E-state index contributed by atoms with van der Waals surface area (Å²) in [7, 11) is 1.66. The van der Waals surface area contributed by atoms with Gasteiger partial charge in [0.1, 0.15) is 11.8 Å². The lowest BCUT2D eigenvalue weighted by molar-refractivity contribution is -0.159. The van der Waals surface area contributed by atoms with E-state index in [0.717, 1.165) is 60.5 Å². The van der Waals surface area contributed by atoms with Crippen molar-refractivity contribution < 1.29 is 28.5 Å². The summed E-state index contributed by atoms with van der Waals surface area (Å²) in [5.41, 5.74) is 3.72. The number of aliphatic imine (C=N–C) groups is 1. The molecule has 214 valence electrons. The maximum Gasteiger partial charge on any atom is 0.350 e. The Labute approximate surface area is 244 Å². The zero-order valence-electron chi connectivity index (χ0n) is 23.4. The van der Waals surface area contributed by atoms with Crippen molar-refractivity contribution in [3.05, 3.63) is 107 Å². The molecule has 0 aromatic heterocycles. The molecule has 1 spiro atoms. The van der Waals surface area contributed by atoms with E-state index in [9.17, 15) is 4.79 Å². The van der Waals surface area contributed by atoms with Crippen LogP contribution in [0.15, 0.2) is 89.6 Å². The van der Waals surface area contributed by atoms with Gasteiger partial charge in [0.15, 0.2) is 17.6 Å². The molecule has 1 fully saturated rings. The highest BCUT2D eigenvalue weighted by atomic mass is 16.7. The lowest BCUT2D eigenvalue weighted by atomic mass is 9.77. The van der Waals surface area contributed by atoms with Crippen LogP contribution in [-0.4, -0.2) is 61.5 Å². The van der Waals surface area contributed by atoms with E-state index in [1.807, 2.05) is 60.7 Å². The highest BCUT2D eigenvalue weighted by Crippen LogP contribution is 2.55. The minimum Gasteiger partial charge on any atom is -0.497 e. The van der Waals surface area contributed by atoms with Crippen molar-refractivity contribution in [2.45, 2.75) is 49.0 Å². The van der Waals surface area contributed by atoms with Crippen LogP contribution >= 0.6 is 0 Å². The van der Waals surface area contributed by atoms with Crippen LogP contribution in [0.25, 0.3) is 0 Å². The number of ether oxygens (including phenoxy) is 5. The van der Waals surface area contributed by atoms with Crippen LogP contribution in [0.4, 0.5) is 0 Å². The van der Waals surface area contributed by atoms with Crippen LogP contribution in [0.1, 0.15) is 47.1 Å². The van der Waals surface area contributed by atoms with Crippen LogP contribution in [0.5, 0.6) is 11.5 Å². The van der Waals surface area contributed by atoms with Gasteiger partial charge in [0.25, 0.3) is 0 Å². The minimum absolute atomic E-state index is 0.156. The SMILES string of the molecule is COC1=CC23CCCN2CCc2cc4c(cc2C3C1OC(=O)C1OC(c2ccccc2)=NC1c1ccccc1)OCO4. The van der Waals surface area contributed by atoms with Crippen molar-refractivity contribution in [3.63, 3.8) is 0 Å². The number of methoxy groups -OCH3 is 1. The Morgan fingerprint density at radius 1 is 1.00 bits per heavy atom. The number of benzene rings is 3. The normalized spacial score (nSPS) is 29.0. The Morgan fingerprint density at radius 2 is 1.76 bits per heavy atom. The molecule has 4 aliphatic heterocycles. The van der Waals surface area contributed by atoms with Gasteiger partial charge in [0.2, 0.25) is 18.8 Å². The molecule has 0 radical (unpaired) electrons. The number of esters is 1. The fourth-order valence-electron chi connectivity index (χ4n) is 7.50. The second kappa shape index (κ2) is 9.91. The smallest absolute Gasteiger partial charge is 0.350 e. The van der Waals surface area contributed by atoms with Crippen LogP contribution in [-0.2, 0) is 25.4 Å². The number of hydrogen-bond donors (Lipinski definition) is 0. The molecule has 8 heteroatoms. The number of carbonyl (C=O) groups excluding carboxylic acids is 1. The van der Waals surface area contributed by atoms with Crippen molar-refractivity contribution in [1.29, 1.82) is 0 Å². The van der Waals surface area contributed by atoms with E-state index in [1.54, 1.807) is 7.11 Å². The summed E-state index contributed by atoms with van der Waals surface area (Å²) in [6.45, 7) is 2.11. The highest BCUT2D eigenvalue weighted by molar-refractivity contribution is 5.98. The first-order chi connectivity index (χ1) is 20.6. The zero-order chi connectivity index (χ0) is 28.3. The molecule has 8 nitrogen and oxygen atoms in total. The summed E-state index contributed by atoms with van der Waals surface area (Å²) in [6, 6.07) is 23.1. The van der Waals surface area contributed by atoms with Crippen LogP contribution in [0.2, 0.25) is 0 Å². The topological polar surface area (TPSA) is 78.8 Å². The van der Waals surface area contributed by atoms with Gasteiger partial charge < -0.3 is 23.7 Å². The van der Waals surface area contributed by atoms with Gasteiger partial charge in [-0.05, 0) is 72.8 Å². The number of hydrogen-bond acceptors (Lipinski definition) is 8. The second-order valence-electron chi connectivity index (χ2n) is 11.5. The molecule has 1 aliphatic carbocycles. The van der Waals surface area contributed by atoms with Crippen LogP contribution in [0, 0.1) is 0 Å². The lowest BCUT2D eigenvalue weighted by Gasteiger charge is -2.39. The number of rotatable bonds is 5. The Morgan fingerprint density at radius 3 is 2.55 bits per heavy atom. The number of nitrogens with zero attached hydrogens (tertiary/aromatic N) is 2. The van der Waals surface area contributed by atoms with Crippen LogP contribution in [0.3, 0.4) is 0 Å². The van der Waals surface area contributed by atoms with Gasteiger partial charge in [-0.2, -0.15) is 0 Å². The van der Waals surface area contributed by atoms with Crippen molar-refractivity contribution in [2.24, 2.45) is 4.99 Å². The first-order valence-corrected chi connectivity index (χ1v) is 14.6. The molecule has 1 saturated heterocycles. The number of carbonyl (C=O) groups is 1. The molecule has 0 amide bonds. The first kappa shape index (κ1) is 25.4. The molecule has 3 aromatic carbocycles. The van der Waals surface area contributed by atoms with Crippen molar-refractivity contribution >= 4 is 11.9 Å². The van der Waals surface area contributed by atoms with E-state index in [1.165, 1.54) is 5.56 Å². The summed E-state index contributed by atoms with van der Waals surface area (Å²) in [5.74, 6) is 1.99. The largest absolute Gasteiger partial charge is 0.497 e. The highest BCUT2D eigenvalue weighted by Gasteiger charge is 2.58. The van der Waals surface area contributed by atoms with E-state index < -0.39 is 24.2 Å². The van der Waals surface area contributed by atoms with Crippen LogP contribution < -0.4 is 9.47 Å². The molecule has 5 aliphatic rings. The molecule has 4 heterocycles. The Hall–Kier alpha value is -4.30. The van der Waals surface area contributed by atoms with Gasteiger partial charge in [0, 0.05) is 12.1 Å². The molecule has 5 atom stereocenters.